The molecule has 4 rings (SSSR count). The number of carbonyl (C=O) groups is 1. The van der Waals surface area contributed by atoms with Crippen molar-refractivity contribution in [3.05, 3.63) is 78.4 Å². The number of benzene rings is 3. The summed E-state index contributed by atoms with van der Waals surface area (Å²) in [6, 6.07) is 22.4. The third-order valence-corrected chi connectivity index (χ3v) is 4.10. The van der Waals surface area contributed by atoms with Crippen LogP contribution in [0, 0.1) is 0 Å². The minimum atomic E-state index is -0.129. The number of para-hydroxylation sites is 3. The first-order valence-corrected chi connectivity index (χ1v) is 8.78. The van der Waals surface area contributed by atoms with Gasteiger partial charge in [-0.15, -0.1) is 0 Å². The third-order valence-electron chi connectivity index (χ3n) is 4.10. The highest BCUT2D eigenvalue weighted by atomic mass is 16.6. The Morgan fingerprint density at radius 3 is 2.48 bits per heavy atom. The van der Waals surface area contributed by atoms with Crippen LogP contribution in [-0.2, 0) is 11.2 Å². The summed E-state index contributed by atoms with van der Waals surface area (Å²) < 4.78 is 17.0. The quantitative estimate of drug-likeness (QED) is 0.730. The third kappa shape index (κ3) is 4.20. The van der Waals surface area contributed by atoms with E-state index in [1.54, 1.807) is 0 Å². The molecule has 1 aliphatic heterocycles. The minimum absolute atomic E-state index is 0.129. The van der Waals surface area contributed by atoms with Gasteiger partial charge in [-0.1, -0.05) is 36.4 Å². The fourth-order valence-corrected chi connectivity index (χ4v) is 2.85. The fourth-order valence-electron chi connectivity index (χ4n) is 2.85. The highest BCUT2D eigenvalue weighted by Gasteiger charge is 2.14. The first-order chi connectivity index (χ1) is 13.3. The van der Waals surface area contributed by atoms with Gasteiger partial charge in [0.05, 0.1) is 12.1 Å². The van der Waals surface area contributed by atoms with Crippen molar-refractivity contribution < 1.29 is 19.0 Å². The number of nitrogens with one attached hydrogen (secondary N) is 1. The molecule has 1 heterocycles. The van der Waals surface area contributed by atoms with Gasteiger partial charge in [-0.25, -0.2) is 0 Å². The lowest BCUT2D eigenvalue weighted by Gasteiger charge is -2.18. The molecule has 27 heavy (non-hydrogen) atoms. The second-order valence-electron chi connectivity index (χ2n) is 6.11. The Bertz CT molecular complexity index is 940. The van der Waals surface area contributed by atoms with Crippen LogP contribution >= 0.6 is 0 Å². The predicted octanol–water partition coefficient (Wildman–Crippen LogP) is 4.43. The van der Waals surface area contributed by atoms with E-state index >= 15 is 0 Å². The van der Waals surface area contributed by atoms with Crippen molar-refractivity contribution in [3.63, 3.8) is 0 Å². The van der Waals surface area contributed by atoms with Crippen LogP contribution in [-0.4, -0.2) is 19.1 Å². The smallest absolute Gasteiger partial charge is 0.228 e. The number of hydrogen-bond donors (Lipinski definition) is 1. The highest BCUT2D eigenvalue weighted by Crippen LogP contribution is 2.32. The summed E-state index contributed by atoms with van der Waals surface area (Å²) in [4.78, 5) is 12.5. The molecule has 5 nitrogen and oxygen atoms in total. The molecule has 1 N–H and O–H groups in total. The molecular weight excluding hydrogens is 342 g/mol. The van der Waals surface area contributed by atoms with Crippen molar-refractivity contribution in [3.8, 4) is 23.0 Å². The van der Waals surface area contributed by atoms with Gasteiger partial charge in [-0.3, -0.25) is 4.79 Å². The molecule has 3 aromatic rings. The molecule has 0 atom stereocenters. The Labute approximate surface area is 157 Å². The molecule has 5 heteroatoms. The van der Waals surface area contributed by atoms with Crippen LogP contribution in [0.3, 0.4) is 0 Å². The summed E-state index contributed by atoms with van der Waals surface area (Å²) in [7, 11) is 0. The fraction of sp³-hybridized carbons (Fsp3) is 0.136. The van der Waals surface area contributed by atoms with Gasteiger partial charge in [0.2, 0.25) is 5.91 Å². The molecule has 0 spiro atoms. The minimum Gasteiger partial charge on any atom is -0.486 e. The SMILES string of the molecule is O=C(Cc1ccc2c(c1)OCCO2)Nc1ccccc1Oc1ccccc1. The van der Waals surface area contributed by atoms with E-state index in [-0.39, 0.29) is 12.3 Å². The Morgan fingerprint density at radius 2 is 1.63 bits per heavy atom. The van der Waals surface area contributed by atoms with Crippen molar-refractivity contribution in [2.75, 3.05) is 18.5 Å². The van der Waals surface area contributed by atoms with Gasteiger partial charge in [0.15, 0.2) is 17.2 Å². The molecule has 0 saturated heterocycles. The maximum Gasteiger partial charge on any atom is 0.228 e. The van der Waals surface area contributed by atoms with Gasteiger partial charge in [0, 0.05) is 0 Å². The summed E-state index contributed by atoms with van der Waals surface area (Å²) in [6.07, 6.45) is 0.232. The van der Waals surface area contributed by atoms with Crippen molar-refractivity contribution >= 4 is 11.6 Å². The Balaban J connectivity index is 1.45. The van der Waals surface area contributed by atoms with E-state index < -0.39 is 0 Å². The number of anilines is 1. The lowest BCUT2D eigenvalue weighted by molar-refractivity contribution is -0.115. The van der Waals surface area contributed by atoms with Crippen LogP contribution in [0.25, 0.3) is 0 Å². The molecule has 0 unspecified atom stereocenters. The average molecular weight is 361 g/mol. The number of amides is 1. The molecule has 1 amide bonds. The number of fused-ring (bicyclic) bond motifs is 1. The number of ether oxygens (including phenoxy) is 3. The molecule has 0 aliphatic carbocycles. The monoisotopic (exact) mass is 361 g/mol. The van der Waals surface area contributed by atoms with E-state index in [2.05, 4.69) is 5.32 Å². The zero-order valence-electron chi connectivity index (χ0n) is 14.7. The number of rotatable bonds is 5. The van der Waals surface area contributed by atoms with E-state index in [1.807, 2.05) is 72.8 Å². The van der Waals surface area contributed by atoms with E-state index in [4.69, 9.17) is 14.2 Å². The second kappa shape index (κ2) is 7.83. The summed E-state index contributed by atoms with van der Waals surface area (Å²) in [6.45, 7) is 1.07. The number of carbonyl (C=O) groups excluding carboxylic acids is 1. The summed E-state index contributed by atoms with van der Waals surface area (Å²) >= 11 is 0. The Morgan fingerprint density at radius 1 is 0.889 bits per heavy atom. The summed E-state index contributed by atoms with van der Waals surface area (Å²) in [5.41, 5.74) is 1.49. The number of hydrogen-bond acceptors (Lipinski definition) is 4. The molecule has 0 aromatic heterocycles. The average Bonchev–Trinajstić information content (AvgIpc) is 2.70. The van der Waals surface area contributed by atoms with Crippen LogP contribution < -0.4 is 19.5 Å². The standard InChI is InChI=1S/C22H19NO4/c24-22(15-16-10-11-20-21(14-16)26-13-12-25-20)23-18-8-4-5-9-19(18)27-17-6-2-1-3-7-17/h1-11,14H,12-13,15H2,(H,23,24). The highest BCUT2D eigenvalue weighted by molar-refractivity contribution is 5.93. The first kappa shape index (κ1) is 17.0. The molecule has 0 radical (unpaired) electrons. The first-order valence-electron chi connectivity index (χ1n) is 8.78. The molecule has 0 saturated carbocycles. The van der Waals surface area contributed by atoms with Gasteiger partial charge in [-0.2, -0.15) is 0 Å². The van der Waals surface area contributed by atoms with Crippen LogP contribution in [0.1, 0.15) is 5.56 Å². The van der Waals surface area contributed by atoms with Crippen LogP contribution in [0.5, 0.6) is 23.0 Å². The topological polar surface area (TPSA) is 56.8 Å². The van der Waals surface area contributed by atoms with E-state index in [0.29, 0.717) is 41.9 Å². The molecule has 0 fully saturated rings. The van der Waals surface area contributed by atoms with E-state index in [1.165, 1.54) is 0 Å². The molecule has 3 aromatic carbocycles. The molecule has 136 valence electrons. The van der Waals surface area contributed by atoms with Crippen LogP contribution in [0.2, 0.25) is 0 Å². The maximum atomic E-state index is 12.5. The zero-order valence-corrected chi connectivity index (χ0v) is 14.7. The largest absolute Gasteiger partial charge is 0.486 e. The van der Waals surface area contributed by atoms with Crippen molar-refractivity contribution in [2.45, 2.75) is 6.42 Å². The van der Waals surface area contributed by atoms with Gasteiger partial charge in [0.1, 0.15) is 19.0 Å². The summed E-state index contributed by atoms with van der Waals surface area (Å²) in [5, 5.41) is 2.92. The second-order valence-corrected chi connectivity index (χ2v) is 6.11. The van der Waals surface area contributed by atoms with Gasteiger partial charge >= 0.3 is 0 Å². The van der Waals surface area contributed by atoms with Crippen molar-refractivity contribution in [1.29, 1.82) is 0 Å². The molecule has 1 aliphatic rings. The van der Waals surface area contributed by atoms with Crippen LogP contribution in [0.4, 0.5) is 5.69 Å². The van der Waals surface area contributed by atoms with Gasteiger partial charge in [-0.05, 0) is 42.0 Å². The van der Waals surface area contributed by atoms with Crippen molar-refractivity contribution in [2.24, 2.45) is 0 Å². The Kier molecular flexibility index (Phi) is 4.92. The molecule has 0 bridgehead atoms. The van der Waals surface area contributed by atoms with Crippen molar-refractivity contribution in [1.82, 2.24) is 0 Å². The lowest BCUT2D eigenvalue weighted by atomic mass is 10.1. The maximum absolute atomic E-state index is 12.5. The molecular formula is C22H19NO4. The van der Waals surface area contributed by atoms with Gasteiger partial charge in [0.25, 0.3) is 0 Å². The van der Waals surface area contributed by atoms with E-state index in [0.717, 1.165) is 5.56 Å². The summed E-state index contributed by atoms with van der Waals surface area (Å²) in [5.74, 6) is 2.58. The van der Waals surface area contributed by atoms with Gasteiger partial charge < -0.3 is 19.5 Å². The normalized spacial score (nSPS) is 12.3. The lowest BCUT2D eigenvalue weighted by Crippen LogP contribution is -2.17. The van der Waals surface area contributed by atoms with Crippen LogP contribution in [0.15, 0.2) is 72.8 Å². The predicted molar refractivity (Wildman–Crippen MR) is 103 cm³/mol. The van der Waals surface area contributed by atoms with E-state index in [9.17, 15) is 4.79 Å². The zero-order chi connectivity index (χ0) is 18.5. The Hall–Kier alpha value is -3.47.